The standard InChI is InChI=1S/C17H25N5S/c1-10(2)22-7-6-14(9-22)15-8-16(20-13(5)19-15)21-17-18-11(3)12(4)23-17/h8,10,14H,6-7,9H2,1-5H3,(H,18,19,20,21)/t14-/m1/s1. The average Bonchev–Trinajstić information content (AvgIpc) is 3.06. The quantitative estimate of drug-likeness (QED) is 0.923. The molecule has 1 aliphatic rings. The lowest BCUT2D eigenvalue weighted by molar-refractivity contribution is 0.272. The lowest BCUT2D eigenvalue weighted by atomic mass is 10.0. The summed E-state index contributed by atoms with van der Waals surface area (Å²) < 4.78 is 0. The molecule has 2 aromatic heterocycles. The summed E-state index contributed by atoms with van der Waals surface area (Å²) in [6.07, 6.45) is 1.17. The second kappa shape index (κ2) is 6.53. The first-order valence-corrected chi connectivity index (χ1v) is 9.04. The largest absolute Gasteiger partial charge is 0.316 e. The molecule has 0 unspecified atom stereocenters. The molecular weight excluding hydrogens is 306 g/mol. The molecule has 124 valence electrons. The third kappa shape index (κ3) is 3.70. The minimum absolute atomic E-state index is 0.499. The lowest BCUT2D eigenvalue weighted by Crippen LogP contribution is -2.28. The van der Waals surface area contributed by atoms with Crippen LogP contribution < -0.4 is 5.32 Å². The van der Waals surface area contributed by atoms with E-state index in [1.54, 1.807) is 11.3 Å². The van der Waals surface area contributed by atoms with Crippen LogP contribution in [0.1, 0.15) is 48.3 Å². The summed E-state index contributed by atoms with van der Waals surface area (Å²) in [5.41, 5.74) is 2.22. The van der Waals surface area contributed by atoms with Crippen molar-refractivity contribution >= 4 is 22.3 Å². The maximum Gasteiger partial charge on any atom is 0.188 e. The SMILES string of the molecule is Cc1nc(Nc2nc(C)c(C)s2)cc([C@@H]2CCN(C(C)C)C2)n1. The van der Waals surface area contributed by atoms with Gasteiger partial charge in [-0.2, -0.15) is 0 Å². The molecule has 1 atom stereocenters. The van der Waals surface area contributed by atoms with Gasteiger partial charge < -0.3 is 10.2 Å². The van der Waals surface area contributed by atoms with Crippen molar-refractivity contribution in [2.45, 2.75) is 53.0 Å². The fourth-order valence-electron chi connectivity index (χ4n) is 3.00. The van der Waals surface area contributed by atoms with Crippen LogP contribution in [0.4, 0.5) is 10.9 Å². The van der Waals surface area contributed by atoms with Gasteiger partial charge in [0, 0.05) is 29.4 Å². The van der Waals surface area contributed by atoms with Crippen molar-refractivity contribution in [2.75, 3.05) is 18.4 Å². The summed E-state index contributed by atoms with van der Waals surface area (Å²) in [5.74, 6) is 2.17. The van der Waals surface area contributed by atoms with E-state index in [1.165, 1.54) is 11.3 Å². The Balaban J connectivity index is 1.79. The van der Waals surface area contributed by atoms with Crippen molar-refractivity contribution in [3.8, 4) is 0 Å². The fraction of sp³-hybridized carbons (Fsp3) is 0.588. The molecule has 1 saturated heterocycles. The van der Waals surface area contributed by atoms with E-state index in [2.05, 4.69) is 52.0 Å². The summed E-state index contributed by atoms with van der Waals surface area (Å²) >= 11 is 1.67. The summed E-state index contributed by atoms with van der Waals surface area (Å²) in [7, 11) is 0. The van der Waals surface area contributed by atoms with Gasteiger partial charge in [-0.25, -0.2) is 15.0 Å². The molecule has 0 aliphatic carbocycles. The molecule has 2 aromatic rings. The van der Waals surface area contributed by atoms with Gasteiger partial charge >= 0.3 is 0 Å². The number of anilines is 2. The zero-order valence-electron chi connectivity index (χ0n) is 14.6. The van der Waals surface area contributed by atoms with E-state index in [1.807, 2.05) is 13.8 Å². The number of hydrogen-bond donors (Lipinski definition) is 1. The smallest absolute Gasteiger partial charge is 0.188 e. The summed E-state index contributed by atoms with van der Waals surface area (Å²) in [5, 5.41) is 4.25. The highest BCUT2D eigenvalue weighted by atomic mass is 32.1. The molecule has 0 saturated carbocycles. The Labute approximate surface area is 142 Å². The van der Waals surface area contributed by atoms with E-state index in [0.717, 1.165) is 41.3 Å². The summed E-state index contributed by atoms with van der Waals surface area (Å²) in [6.45, 7) is 12.8. The van der Waals surface area contributed by atoms with Crippen LogP contribution in [0, 0.1) is 20.8 Å². The first-order chi connectivity index (χ1) is 10.9. The van der Waals surface area contributed by atoms with Gasteiger partial charge in [-0.05, 0) is 47.6 Å². The van der Waals surface area contributed by atoms with E-state index in [0.29, 0.717) is 12.0 Å². The zero-order chi connectivity index (χ0) is 16.6. The molecule has 0 bridgehead atoms. The number of rotatable bonds is 4. The maximum absolute atomic E-state index is 4.68. The summed E-state index contributed by atoms with van der Waals surface area (Å²) in [4.78, 5) is 17.5. The number of hydrogen-bond acceptors (Lipinski definition) is 6. The molecule has 0 radical (unpaired) electrons. The normalized spacial score (nSPS) is 18.8. The highest BCUT2D eigenvalue weighted by Gasteiger charge is 2.27. The van der Waals surface area contributed by atoms with Gasteiger partial charge in [-0.1, -0.05) is 0 Å². The molecule has 0 aromatic carbocycles. The molecule has 1 N–H and O–H groups in total. The molecule has 1 fully saturated rings. The van der Waals surface area contributed by atoms with Gasteiger partial charge in [0.1, 0.15) is 11.6 Å². The first-order valence-electron chi connectivity index (χ1n) is 8.23. The van der Waals surface area contributed by atoms with Gasteiger partial charge in [0.2, 0.25) is 0 Å². The molecular formula is C17H25N5S. The Bertz CT molecular complexity index is 675. The van der Waals surface area contributed by atoms with Crippen LogP contribution in [0.2, 0.25) is 0 Å². The molecule has 6 heteroatoms. The number of nitrogens with zero attached hydrogens (tertiary/aromatic N) is 4. The molecule has 3 rings (SSSR count). The number of likely N-dealkylation sites (tertiary alicyclic amines) is 1. The highest BCUT2D eigenvalue weighted by Crippen LogP contribution is 2.30. The maximum atomic E-state index is 4.68. The lowest BCUT2D eigenvalue weighted by Gasteiger charge is -2.20. The molecule has 5 nitrogen and oxygen atoms in total. The zero-order valence-corrected chi connectivity index (χ0v) is 15.4. The van der Waals surface area contributed by atoms with Gasteiger partial charge in [0.05, 0.1) is 11.4 Å². The molecule has 3 heterocycles. The second-order valence-corrected chi connectivity index (χ2v) is 7.79. The van der Waals surface area contributed by atoms with E-state index < -0.39 is 0 Å². The van der Waals surface area contributed by atoms with Crippen molar-refractivity contribution in [3.63, 3.8) is 0 Å². The Morgan fingerprint density at radius 2 is 2.00 bits per heavy atom. The van der Waals surface area contributed by atoms with Crippen LogP contribution in [0.15, 0.2) is 6.07 Å². The van der Waals surface area contributed by atoms with Crippen LogP contribution in [-0.4, -0.2) is 39.0 Å². The van der Waals surface area contributed by atoms with Crippen LogP contribution in [-0.2, 0) is 0 Å². The molecule has 0 spiro atoms. The number of thiazole rings is 1. The average molecular weight is 331 g/mol. The molecule has 1 aliphatic heterocycles. The topological polar surface area (TPSA) is 53.9 Å². The van der Waals surface area contributed by atoms with E-state index in [4.69, 9.17) is 0 Å². The van der Waals surface area contributed by atoms with Crippen molar-refractivity contribution in [2.24, 2.45) is 0 Å². The van der Waals surface area contributed by atoms with Crippen LogP contribution in [0.25, 0.3) is 0 Å². The Morgan fingerprint density at radius 3 is 2.61 bits per heavy atom. The third-order valence-electron chi connectivity index (χ3n) is 4.49. The van der Waals surface area contributed by atoms with Gasteiger partial charge in [0.15, 0.2) is 5.13 Å². The minimum atomic E-state index is 0.499. The molecule has 0 amide bonds. The predicted octanol–water partition coefficient (Wildman–Crippen LogP) is 3.80. The summed E-state index contributed by atoms with van der Waals surface area (Å²) in [6, 6.07) is 2.69. The van der Waals surface area contributed by atoms with Gasteiger partial charge in [-0.3, -0.25) is 0 Å². The predicted molar refractivity (Wildman–Crippen MR) is 95.7 cm³/mol. The Hall–Kier alpha value is -1.53. The van der Waals surface area contributed by atoms with Gasteiger partial charge in [-0.15, -0.1) is 11.3 Å². The van der Waals surface area contributed by atoms with Crippen LogP contribution in [0.5, 0.6) is 0 Å². The third-order valence-corrected chi connectivity index (χ3v) is 5.48. The van der Waals surface area contributed by atoms with Crippen molar-refractivity contribution in [1.29, 1.82) is 0 Å². The van der Waals surface area contributed by atoms with Crippen LogP contribution >= 0.6 is 11.3 Å². The Morgan fingerprint density at radius 1 is 1.22 bits per heavy atom. The van der Waals surface area contributed by atoms with Crippen molar-refractivity contribution < 1.29 is 0 Å². The fourth-order valence-corrected chi connectivity index (χ4v) is 3.82. The van der Waals surface area contributed by atoms with Gasteiger partial charge in [0.25, 0.3) is 0 Å². The van der Waals surface area contributed by atoms with Crippen LogP contribution in [0.3, 0.4) is 0 Å². The van der Waals surface area contributed by atoms with E-state index in [-0.39, 0.29) is 0 Å². The Kier molecular flexibility index (Phi) is 4.64. The molecule has 23 heavy (non-hydrogen) atoms. The number of aromatic nitrogens is 3. The number of aryl methyl sites for hydroxylation is 3. The number of nitrogens with one attached hydrogen (secondary N) is 1. The second-order valence-electron chi connectivity index (χ2n) is 6.59. The highest BCUT2D eigenvalue weighted by molar-refractivity contribution is 7.15. The monoisotopic (exact) mass is 331 g/mol. The first kappa shape index (κ1) is 16.3. The van der Waals surface area contributed by atoms with E-state index >= 15 is 0 Å². The van der Waals surface area contributed by atoms with E-state index in [9.17, 15) is 0 Å². The van der Waals surface area contributed by atoms with Crippen molar-refractivity contribution in [3.05, 3.63) is 28.2 Å². The van der Waals surface area contributed by atoms with Crippen molar-refractivity contribution in [1.82, 2.24) is 19.9 Å². The minimum Gasteiger partial charge on any atom is -0.316 e.